The van der Waals surface area contributed by atoms with Crippen molar-refractivity contribution in [3.63, 3.8) is 0 Å². The largest absolute Gasteiger partial charge is 0.478 e. The molecule has 15 heavy (non-hydrogen) atoms. The first kappa shape index (κ1) is 11.3. The van der Waals surface area contributed by atoms with Gasteiger partial charge in [0.2, 0.25) is 0 Å². The molecule has 0 spiro atoms. The molecule has 0 radical (unpaired) electrons. The van der Waals surface area contributed by atoms with E-state index >= 15 is 0 Å². The third-order valence-electron chi connectivity index (χ3n) is 2.73. The van der Waals surface area contributed by atoms with Crippen LogP contribution in [0.5, 0.6) is 0 Å². The van der Waals surface area contributed by atoms with Crippen molar-refractivity contribution in [1.82, 2.24) is 4.90 Å². The first-order valence-corrected chi connectivity index (χ1v) is 4.48. The van der Waals surface area contributed by atoms with Crippen LogP contribution in [0.2, 0.25) is 0 Å². The average Bonchev–Trinajstić information content (AvgIpc) is 2.13. The molecule has 1 unspecified atom stereocenters. The van der Waals surface area contributed by atoms with Crippen LogP contribution in [0.25, 0.3) is 0 Å². The smallest absolute Gasteiger partial charge is 0.337 e. The second-order valence-corrected chi connectivity index (χ2v) is 3.50. The van der Waals surface area contributed by atoms with Gasteiger partial charge in [-0.15, -0.1) is 0 Å². The van der Waals surface area contributed by atoms with Crippen LogP contribution in [0.15, 0.2) is 22.9 Å². The second-order valence-electron chi connectivity index (χ2n) is 3.50. The maximum Gasteiger partial charge on any atom is 0.337 e. The fraction of sp³-hybridized carbons (Fsp3) is 0.400. The third kappa shape index (κ3) is 1.86. The summed E-state index contributed by atoms with van der Waals surface area (Å²) in [4.78, 5) is 23.4. The average molecular weight is 211 g/mol. The van der Waals surface area contributed by atoms with Gasteiger partial charge >= 0.3 is 11.9 Å². The van der Waals surface area contributed by atoms with Gasteiger partial charge in [0.15, 0.2) is 0 Å². The van der Waals surface area contributed by atoms with Crippen LogP contribution in [0.4, 0.5) is 0 Å². The highest BCUT2D eigenvalue weighted by Crippen LogP contribution is 2.24. The number of nitrogens with zero attached hydrogens (tertiary/aromatic N) is 1. The van der Waals surface area contributed by atoms with Gasteiger partial charge in [-0.05, 0) is 19.9 Å². The van der Waals surface area contributed by atoms with Crippen LogP contribution in [-0.2, 0) is 9.59 Å². The van der Waals surface area contributed by atoms with Crippen molar-refractivity contribution in [2.24, 2.45) is 0 Å². The molecule has 0 saturated carbocycles. The van der Waals surface area contributed by atoms with Crippen molar-refractivity contribution >= 4 is 11.9 Å². The normalized spacial score (nSPS) is 21.4. The first-order chi connectivity index (χ1) is 6.86. The Morgan fingerprint density at radius 1 is 1.33 bits per heavy atom. The molecule has 0 amide bonds. The van der Waals surface area contributed by atoms with Crippen molar-refractivity contribution in [3.05, 3.63) is 22.9 Å². The molecule has 82 valence electrons. The molecular weight excluding hydrogens is 198 g/mol. The molecule has 5 heteroatoms. The topological polar surface area (TPSA) is 77.8 Å². The molecule has 0 aromatic carbocycles. The van der Waals surface area contributed by atoms with Gasteiger partial charge in [0.1, 0.15) is 0 Å². The Balaban J connectivity index is 3.27. The highest BCUT2D eigenvalue weighted by molar-refractivity contribution is 5.96. The van der Waals surface area contributed by atoms with E-state index in [0.717, 1.165) is 0 Å². The predicted molar refractivity (Wildman–Crippen MR) is 53.3 cm³/mol. The summed E-state index contributed by atoms with van der Waals surface area (Å²) >= 11 is 0. The van der Waals surface area contributed by atoms with Crippen molar-refractivity contribution in [3.8, 4) is 0 Å². The molecule has 0 aromatic rings. The highest BCUT2D eigenvalue weighted by Gasteiger charge is 2.28. The van der Waals surface area contributed by atoms with Gasteiger partial charge in [0.05, 0.1) is 17.2 Å². The van der Waals surface area contributed by atoms with E-state index in [2.05, 4.69) is 0 Å². The Labute approximate surface area is 87.3 Å². The van der Waals surface area contributed by atoms with Crippen LogP contribution in [0.1, 0.15) is 13.8 Å². The maximum atomic E-state index is 10.9. The molecule has 0 aliphatic carbocycles. The van der Waals surface area contributed by atoms with Crippen molar-refractivity contribution in [2.75, 3.05) is 7.05 Å². The van der Waals surface area contributed by atoms with Gasteiger partial charge in [-0.3, -0.25) is 0 Å². The van der Waals surface area contributed by atoms with Crippen molar-refractivity contribution in [2.45, 2.75) is 19.9 Å². The number of hydrogen-bond donors (Lipinski definition) is 2. The van der Waals surface area contributed by atoms with E-state index in [9.17, 15) is 9.59 Å². The molecule has 0 bridgehead atoms. The minimum absolute atomic E-state index is 0.0352. The summed E-state index contributed by atoms with van der Waals surface area (Å²) < 4.78 is 0. The zero-order valence-electron chi connectivity index (χ0n) is 8.81. The number of likely N-dealkylation sites (N-methyl/N-ethyl adjacent to an activating group) is 1. The van der Waals surface area contributed by atoms with Gasteiger partial charge in [-0.1, -0.05) is 0 Å². The van der Waals surface area contributed by atoms with Gasteiger partial charge in [0, 0.05) is 12.7 Å². The lowest BCUT2D eigenvalue weighted by Crippen LogP contribution is -2.36. The second kappa shape index (κ2) is 3.76. The summed E-state index contributed by atoms with van der Waals surface area (Å²) in [6, 6.07) is -0.314. The zero-order valence-corrected chi connectivity index (χ0v) is 8.81. The number of hydrogen-bond acceptors (Lipinski definition) is 3. The number of carboxylic acids is 2. The molecule has 1 atom stereocenters. The molecular formula is C10H13NO4. The number of allylic oxidation sites excluding steroid dienone is 1. The van der Waals surface area contributed by atoms with E-state index < -0.39 is 11.9 Å². The number of carboxylic acid groups (broad SMARTS) is 2. The maximum absolute atomic E-state index is 10.9. The quantitative estimate of drug-likeness (QED) is 0.702. The molecule has 5 nitrogen and oxygen atoms in total. The number of rotatable bonds is 2. The fourth-order valence-corrected chi connectivity index (χ4v) is 1.53. The minimum atomic E-state index is -1.11. The highest BCUT2D eigenvalue weighted by atomic mass is 16.4. The lowest BCUT2D eigenvalue weighted by molar-refractivity contribution is -0.133. The monoisotopic (exact) mass is 211 g/mol. The van der Waals surface area contributed by atoms with E-state index in [0.29, 0.717) is 5.70 Å². The van der Waals surface area contributed by atoms with E-state index in [1.54, 1.807) is 25.8 Å². The third-order valence-corrected chi connectivity index (χ3v) is 2.73. The molecule has 0 aromatic heterocycles. The zero-order chi connectivity index (χ0) is 11.7. The molecule has 0 fully saturated rings. The molecule has 1 heterocycles. The summed E-state index contributed by atoms with van der Waals surface area (Å²) in [5, 5.41) is 17.8. The van der Waals surface area contributed by atoms with Crippen LogP contribution >= 0.6 is 0 Å². The standard InChI is InChI=1S/C10H13NO4/c1-5-7(9(12)13)4-8(10(14)15)6(2)11(5)3/h4-5H,1-3H3,(H,12,13)(H,14,15). The Bertz CT molecular complexity index is 381. The van der Waals surface area contributed by atoms with Crippen molar-refractivity contribution in [1.29, 1.82) is 0 Å². The lowest BCUT2D eigenvalue weighted by atomic mass is 9.97. The minimum Gasteiger partial charge on any atom is -0.478 e. The summed E-state index contributed by atoms with van der Waals surface area (Å²) in [5.41, 5.74) is 0.702. The number of aliphatic carboxylic acids is 2. The van der Waals surface area contributed by atoms with Crippen molar-refractivity contribution < 1.29 is 19.8 Å². The van der Waals surface area contributed by atoms with Crippen LogP contribution in [0, 0.1) is 0 Å². The SMILES string of the molecule is CC1=C(C(=O)O)C=C(C(=O)O)C(C)N1C. The summed E-state index contributed by atoms with van der Waals surface area (Å²) in [6.07, 6.45) is 1.23. The lowest BCUT2D eigenvalue weighted by Gasteiger charge is -2.32. The van der Waals surface area contributed by atoms with E-state index in [-0.39, 0.29) is 17.2 Å². The van der Waals surface area contributed by atoms with E-state index in [4.69, 9.17) is 10.2 Å². The van der Waals surface area contributed by atoms with Gasteiger partial charge < -0.3 is 15.1 Å². The molecule has 1 aliphatic heterocycles. The van der Waals surface area contributed by atoms with Crippen LogP contribution < -0.4 is 0 Å². The Morgan fingerprint density at radius 3 is 2.27 bits per heavy atom. The Morgan fingerprint density at radius 2 is 1.87 bits per heavy atom. The molecule has 0 saturated heterocycles. The molecule has 1 aliphatic rings. The van der Waals surface area contributed by atoms with Crippen LogP contribution in [-0.4, -0.2) is 40.1 Å². The Hall–Kier alpha value is -1.78. The van der Waals surface area contributed by atoms with Gasteiger partial charge in [-0.2, -0.15) is 0 Å². The van der Waals surface area contributed by atoms with Gasteiger partial charge in [-0.25, -0.2) is 9.59 Å². The fourth-order valence-electron chi connectivity index (χ4n) is 1.53. The Kier molecular flexibility index (Phi) is 2.83. The van der Waals surface area contributed by atoms with E-state index in [1.807, 2.05) is 0 Å². The summed E-state index contributed by atoms with van der Waals surface area (Å²) in [5.74, 6) is -2.19. The first-order valence-electron chi connectivity index (χ1n) is 4.48. The molecule has 1 rings (SSSR count). The van der Waals surface area contributed by atoms with Crippen LogP contribution in [0.3, 0.4) is 0 Å². The predicted octanol–water partition coefficient (Wildman–Crippen LogP) is 0.690. The van der Waals surface area contributed by atoms with Gasteiger partial charge in [0.25, 0.3) is 0 Å². The summed E-state index contributed by atoms with van der Waals surface area (Å²) in [7, 11) is 1.68. The summed E-state index contributed by atoms with van der Waals surface area (Å²) in [6.45, 7) is 3.39. The van der Waals surface area contributed by atoms with E-state index in [1.165, 1.54) is 6.08 Å². The number of carbonyl (C=O) groups is 2. The molecule has 2 N–H and O–H groups in total.